The maximum absolute atomic E-state index is 14.7. The zero-order valence-electron chi connectivity index (χ0n) is 23.2. The lowest BCUT2D eigenvalue weighted by molar-refractivity contribution is -0.137. The van der Waals surface area contributed by atoms with Crippen LogP contribution in [0.25, 0.3) is 12.2 Å². The first-order valence-corrected chi connectivity index (χ1v) is 14.8. The molecule has 4 rings (SSSR count). The summed E-state index contributed by atoms with van der Waals surface area (Å²) in [6.45, 7) is 6.41. The predicted molar refractivity (Wildman–Crippen MR) is 157 cm³/mol. The second-order valence-electron chi connectivity index (χ2n) is 10.3. The van der Waals surface area contributed by atoms with E-state index in [1.54, 1.807) is 12.1 Å². The van der Waals surface area contributed by atoms with Gasteiger partial charge in [0.05, 0.1) is 35.6 Å². The summed E-state index contributed by atoms with van der Waals surface area (Å²) in [6, 6.07) is 13.9. The third-order valence-electron chi connectivity index (χ3n) is 6.86. The van der Waals surface area contributed by atoms with E-state index in [0.717, 1.165) is 6.07 Å². The monoisotopic (exact) mass is 623 g/mol. The van der Waals surface area contributed by atoms with Crippen molar-refractivity contribution >= 4 is 39.5 Å². The Morgan fingerprint density at radius 3 is 2.48 bits per heavy atom. The summed E-state index contributed by atoms with van der Waals surface area (Å²) in [5, 5.41) is -0.0808. The molecule has 5 nitrogen and oxygen atoms in total. The molecule has 1 heterocycles. The largest absolute Gasteiger partial charge is 0.502 e. The Balaban J connectivity index is 1.77. The van der Waals surface area contributed by atoms with Gasteiger partial charge < -0.3 is 9.47 Å². The number of benzene rings is 3. The van der Waals surface area contributed by atoms with Crippen LogP contribution in [0.15, 0.2) is 77.9 Å². The molecule has 42 heavy (non-hydrogen) atoms. The molecule has 11 heteroatoms. The van der Waals surface area contributed by atoms with Crippen molar-refractivity contribution in [2.75, 3.05) is 18.0 Å². The molecule has 3 aromatic carbocycles. The summed E-state index contributed by atoms with van der Waals surface area (Å²) < 4.78 is 95.9. The van der Waals surface area contributed by atoms with Crippen LogP contribution in [-0.2, 0) is 26.6 Å². The summed E-state index contributed by atoms with van der Waals surface area (Å²) >= 11 is 6.09. The molecular formula is C31H30ClF4NO4S. The van der Waals surface area contributed by atoms with Crippen molar-refractivity contribution in [1.29, 1.82) is 0 Å². The number of halogens is 5. The third-order valence-corrected chi connectivity index (χ3v) is 8.96. The van der Waals surface area contributed by atoms with Crippen molar-refractivity contribution in [2.45, 2.75) is 49.5 Å². The highest BCUT2D eigenvalue weighted by Gasteiger charge is 2.36. The van der Waals surface area contributed by atoms with Crippen molar-refractivity contribution in [2.24, 2.45) is 0 Å². The van der Waals surface area contributed by atoms with Crippen LogP contribution in [0, 0.1) is 0 Å². The van der Waals surface area contributed by atoms with Crippen molar-refractivity contribution < 1.29 is 35.5 Å². The number of anilines is 1. The van der Waals surface area contributed by atoms with Gasteiger partial charge in [0.25, 0.3) is 10.0 Å². The van der Waals surface area contributed by atoms with Gasteiger partial charge in [-0.2, -0.15) is 13.2 Å². The summed E-state index contributed by atoms with van der Waals surface area (Å²) in [5.41, 5.74) is -2.08. The van der Waals surface area contributed by atoms with Crippen LogP contribution in [-0.4, -0.2) is 28.2 Å². The fourth-order valence-electron chi connectivity index (χ4n) is 4.52. The minimum atomic E-state index is -4.62. The molecular weight excluding hydrogens is 594 g/mol. The number of methoxy groups -OCH3 is 1. The van der Waals surface area contributed by atoms with E-state index in [4.69, 9.17) is 21.1 Å². The van der Waals surface area contributed by atoms with Gasteiger partial charge in [-0.3, -0.25) is 4.31 Å². The first-order valence-electron chi connectivity index (χ1n) is 13.0. The molecule has 0 N–H and O–H groups in total. The second kappa shape index (κ2) is 12.0. The predicted octanol–water partition coefficient (Wildman–Crippen LogP) is 8.63. The molecule has 0 fully saturated rings. The zero-order chi connectivity index (χ0) is 30.9. The van der Waals surface area contributed by atoms with Gasteiger partial charge in [-0.05, 0) is 67.8 Å². The van der Waals surface area contributed by atoms with E-state index in [1.165, 1.54) is 79.9 Å². The number of rotatable bonds is 9. The van der Waals surface area contributed by atoms with Crippen molar-refractivity contribution in [3.63, 3.8) is 0 Å². The molecule has 1 atom stereocenters. The van der Waals surface area contributed by atoms with Gasteiger partial charge in [0.1, 0.15) is 17.5 Å². The molecule has 0 amide bonds. The van der Waals surface area contributed by atoms with Crippen LogP contribution in [0.1, 0.15) is 48.9 Å². The molecule has 1 aliphatic heterocycles. The number of nitrogens with zero attached hydrogens (tertiary/aromatic N) is 1. The molecule has 0 radical (unpaired) electrons. The normalized spacial score (nSPS) is 15.8. The Kier molecular flexibility index (Phi) is 8.99. The molecule has 0 spiro atoms. The molecule has 0 saturated heterocycles. The lowest BCUT2D eigenvalue weighted by Gasteiger charge is -2.36. The SMILES string of the molecule is C=C(CCC1CN(S(=O)(=O)c2cccc(C(C)(C)F)c2)c2cc(C=Cc3c(Cl)cccc3C(F)(F)F)ccc2O1)OC. The number of allylic oxidation sites excluding steroid dienone is 1. The van der Waals surface area contributed by atoms with Crippen LogP contribution in [0.2, 0.25) is 5.02 Å². The summed E-state index contributed by atoms with van der Waals surface area (Å²) in [4.78, 5) is -0.106. The summed E-state index contributed by atoms with van der Waals surface area (Å²) in [6.07, 6.45) is -1.69. The molecule has 0 saturated carbocycles. The molecule has 0 bridgehead atoms. The lowest BCUT2D eigenvalue weighted by atomic mass is 10.0. The Bertz CT molecular complexity index is 1610. The summed E-state index contributed by atoms with van der Waals surface area (Å²) in [7, 11) is -2.72. The van der Waals surface area contributed by atoms with E-state index in [0.29, 0.717) is 24.2 Å². The van der Waals surface area contributed by atoms with E-state index in [9.17, 15) is 26.0 Å². The van der Waals surface area contributed by atoms with E-state index in [2.05, 4.69) is 6.58 Å². The maximum Gasteiger partial charge on any atom is 0.417 e. The third kappa shape index (κ3) is 6.93. The first kappa shape index (κ1) is 31.4. The van der Waals surface area contributed by atoms with E-state index in [1.807, 2.05) is 0 Å². The summed E-state index contributed by atoms with van der Waals surface area (Å²) in [5.74, 6) is 0.778. The highest BCUT2D eigenvalue weighted by atomic mass is 35.5. The molecule has 3 aromatic rings. The number of hydrogen-bond donors (Lipinski definition) is 0. The Hall–Kier alpha value is -3.50. The minimum Gasteiger partial charge on any atom is -0.502 e. The van der Waals surface area contributed by atoms with Crippen LogP contribution in [0.5, 0.6) is 5.75 Å². The lowest BCUT2D eigenvalue weighted by Crippen LogP contribution is -2.43. The van der Waals surface area contributed by atoms with Gasteiger partial charge >= 0.3 is 6.18 Å². The van der Waals surface area contributed by atoms with Gasteiger partial charge in [-0.1, -0.05) is 54.6 Å². The quantitative estimate of drug-likeness (QED) is 0.136. The Morgan fingerprint density at radius 1 is 1.10 bits per heavy atom. The van der Waals surface area contributed by atoms with Crippen LogP contribution in [0.4, 0.5) is 23.2 Å². The highest BCUT2D eigenvalue weighted by Crippen LogP contribution is 2.40. The average Bonchev–Trinajstić information content (AvgIpc) is 2.93. The molecule has 1 unspecified atom stereocenters. The van der Waals surface area contributed by atoms with Crippen molar-refractivity contribution in [1.82, 2.24) is 0 Å². The number of hydrogen-bond acceptors (Lipinski definition) is 4. The number of sulfonamides is 1. The standard InChI is InChI=1S/C31H30ClF4NO4S/c1-20(40-4)11-14-23-19-37(42(38,39)24-8-5-7-22(18-24)30(2,3)33)28-17-21(13-16-29(28)41-23)12-15-25-26(31(34,35)36)9-6-10-27(25)32/h5-10,12-13,15-18,23H,1,11,14,19H2,2-4H3. The van der Waals surface area contributed by atoms with Gasteiger partial charge in [0.2, 0.25) is 0 Å². The van der Waals surface area contributed by atoms with Gasteiger partial charge in [0.15, 0.2) is 0 Å². The topological polar surface area (TPSA) is 55.8 Å². The van der Waals surface area contributed by atoms with Crippen LogP contribution in [0.3, 0.4) is 0 Å². The van der Waals surface area contributed by atoms with Crippen LogP contribution >= 0.6 is 11.6 Å². The zero-order valence-corrected chi connectivity index (χ0v) is 24.8. The van der Waals surface area contributed by atoms with Gasteiger partial charge in [-0.15, -0.1) is 0 Å². The fraction of sp³-hybridized carbons (Fsp3) is 0.290. The maximum atomic E-state index is 14.7. The Morgan fingerprint density at radius 2 is 1.81 bits per heavy atom. The van der Waals surface area contributed by atoms with E-state index in [-0.39, 0.29) is 39.0 Å². The van der Waals surface area contributed by atoms with Crippen molar-refractivity contribution in [3.8, 4) is 5.75 Å². The fourth-order valence-corrected chi connectivity index (χ4v) is 6.30. The number of alkyl halides is 4. The van der Waals surface area contributed by atoms with Crippen molar-refractivity contribution in [3.05, 3.63) is 100 Å². The minimum absolute atomic E-state index is 0.0640. The van der Waals surface area contributed by atoms with Gasteiger partial charge in [0, 0.05) is 17.0 Å². The van der Waals surface area contributed by atoms with Gasteiger partial charge in [-0.25, -0.2) is 12.8 Å². The van der Waals surface area contributed by atoms with E-state index < -0.39 is 33.5 Å². The average molecular weight is 624 g/mol. The molecule has 224 valence electrons. The molecule has 0 aromatic heterocycles. The second-order valence-corrected chi connectivity index (χ2v) is 12.6. The molecule has 1 aliphatic rings. The van der Waals surface area contributed by atoms with E-state index >= 15 is 0 Å². The van der Waals surface area contributed by atoms with Crippen LogP contribution < -0.4 is 9.04 Å². The first-order chi connectivity index (χ1) is 19.6. The Labute approximate surface area is 248 Å². The highest BCUT2D eigenvalue weighted by molar-refractivity contribution is 7.92. The smallest absolute Gasteiger partial charge is 0.417 e. The molecule has 0 aliphatic carbocycles. The number of ether oxygens (including phenoxy) is 2. The number of fused-ring (bicyclic) bond motifs is 1.